The van der Waals surface area contributed by atoms with Gasteiger partial charge in [-0.1, -0.05) is 193 Å². The van der Waals surface area contributed by atoms with E-state index < -0.39 is 7.12 Å². The molecule has 0 saturated heterocycles. The first kappa shape index (κ1) is 54.8. The second kappa shape index (κ2) is 25.6. The summed E-state index contributed by atoms with van der Waals surface area (Å²) in [6.45, 7) is 0. The molecule has 404 valence electrons. The summed E-state index contributed by atoms with van der Waals surface area (Å²) < 4.78 is 29.5. The summed E-state index contributed by atoms with van der Waals surface area (Å²) in [5, 5.41) is 23.4. The van der Waals surface area contributed by atoms with E-state index in [0.717, 1.165) is 84.0 Å². The Morgan fingerprint density at radius 2 is 0.554 bits per heavy atom. The van der Waals surface area contributed by atoms with E-state index in [2.05, 4.69) is 134 Å². The molecule has 2 aromatic heterocycles. The van der Waals surface area contributed by atoms with E-state index in [1.54, 1.807) is 12.1 Å². The van der Waals surface area contributed by atoms with Crippen LogP contribution in [0.4, 0.5) is 0 Å². The lowest BCUT2D eigenvalue weighted by atomic mass is 9.80. The van der Waals surface area contributed by atoms with Gasteiger partial charge >= 0.3 is 7.12 Å². The minimum atomic E-state index is -1.44. The van der Waals surface area contributed by atoms with Crippen molar-refractivity contribution < 1.29 is 29.0 Å². The lowest BCUT2D eigenvalue weighted by Gasteiger charge is -2.13. The van der Waals surface area contributed by atoms with Crippen molar-refractivity contribution >= 4 is 72.1 Å². The van der Waals surface area contributed by atoms with Gasteiger partial charge < -0.3 is 38.1 Å². The zero-order valence-electron chi connectivity index (χ0n) is 44.2. The second-order valence-corrected chi connectivity index (χ2v) is 20.1. The van der Waals surface area contributed by atoms with Crippen LogP contribution in [0.5, 0.6) is 46.0 Å². The van der Waals surface area contributed by atoms with Crippen LogP contribution in [0.1, 0.15) is 7.43 Å². The molecule has 2 N–H and O–H groups in total. The van der Waals surface area contributed by atoms with E-state index in [9.17, 15) is 10.0 Å². The maximum Gasteiger partial charge on any atom is 0.488 e. The van der Waals surface area contributed by atoms with Gasteiger partial charge in [-0.15, -0.1) is 0 Å². The van der Waals surface area contributed by atoms with Crippen LogP contribution < -0.4 is 24.4 Å². The number of aromatic nitrogens is 2. The van der Waals surface area contributed by atoms with Gasteiger partial charge in [-0.25, -0.2) is 0 Å². The molecule has 0 fully saturated rings. The predicted octanol–water partition coefficient (Wildman–Crippen LogP) is 19.2. The number of benzene rings is 12. The third-order valence-electron chi connectivity index (χ3n) is 13.7. The number of hydrogen-bond donors (Lipinski definition) is 2. The molecule has 0 radical (unpaired) electrons. The van der Waals surface area contributed by atoms with Gasteiger partial charge in [0.05, 0.1) is 22.1 Å². The van der Waals surface area contributed by atoms with E-state index in [-0.39, 0.29) is 7.43 Å². The smallest absolute Gasteiger partial charge is 0.457 e. The summed E-state index contributed by atoms with van der Waals surface area (Å²) in [6, 6.07) is 100. The molecule has 8 nitrogen and oxygen atoms in total. The van der Waals surface area contributed by atoms with Crippen LogP contribution in [0.2, 0.25) is 0 Å². The lowest BCUT2D eigenvalue weighted by Crippen LogP contribution is -2.29. The highest BCUT2D eigenvalue weighted by molar-refractivity contribution is 9.10. The maximum absolute atomic E-state index is 9.24. The molecule has 0 aliphatic rings. The SMILES string of the molecule is Brc1cc(Oc2ccccc2)cc(Oc2ccccc2)c1.C.OB(O)c1ccc(-n2c3ccccc3c3ccccc32)cc1.c1ccc(Oc2cc(Oc3ccccc3)cc(-c3ccc(-n4c5ccccc5c5ccccc54)cc3)c2)cc1. The molecule has 0 bridgehead atoms. The van der Waals surface area contributed by atoms with E-state index in [0.29, 0.717) is 5.46 Å². The van der Waals surface area contributed by atoms with Crippen molar-refractivity contribution in [2.24, 2.45) is 0 Å². The molecule has 12 aromatic carbocycles. The Hall–Kier alpha value is -10.1. The number of rotatable bonds is 12. The predicted molar refractivity (Wildman–Crippen MR) is 344 cm³/mol. The number of halogens is 1. The molecular weight excluding hydrogens is 1090 g/mol. The molecule has 0 unspecified atom stereocenters. The first-order valence-electron chi connectivity index (χ1n) is 26.8. The molecular formula is C73H56BBrN2O6. The summed E-state index contributed by atoms with van der Waals surface area (Å²) >= 11 is 3.48. The summed E-state index contributed by atoms with van der Waals surface area (Å²) in [4.78, 5) is 0. The normalized spacial score (nSPS) is 10.7. The van der Waals surface area contributed by atoms with Crippen LogP contribution in [0.25, 0.3) is 66.1 Å². The first-order valence-corrected chi connectivity index (χ1v) is 27.6. The number of nitrogens with zero attached hydrogens (tertiary/aromatic N) is 2. The molecule has 10 heteroatoms. The monoisotopic (exact) mass is 1150 g/mol. The molecule has 0 atom stereocenters. The summed E-state index contributed by atoms with van der Waals surface area (Å²) in [5.41, 5.74) is 9.38. The largest absolute Gasteiger partial charge is 0.488 e. The van der Waals surface area contributed by atoms with Crippen LogP contribution in [0.3, 0.4) is 0 Å². The Balaban J connectivity index is 0.000000140. The number of hydrogen-bond acceptors (Lipinski definition) is 6. The Bertz CT molecular complexity index is 4200. The molecule has 0 aliphatic heterocycles. The first-order chi connectivity index (χ1) is 40.4. The Morgan fingerprint density at radius 3 is 0.867 bits per heavy atom. The molecule has 0 aliphatic carbocycles. The lowest BCUT2D eigenvalue weighted by molar-refractivity contribution is 0.425. The van der Waals surface area contributed by atoms with Crippen LogP contribution in [-0.4, -0.2) is 26.3 Å². The van der Waals surface area contributed by atoms with Crippen molar-refractivity contribution in [1.82, 2.24) is 9.13 Å². The van der Waals surface area contributed by atoms with Crippen molar-refractivity contribution in [3.63, 3.8) is 0 Å². The van der Waals surface area contributed by atoms with Gasteiger partial charge in [0.15, 0.2) is 0 Å². The van der Waals surface area contributed by atoms with Crippen molar-refractivity contribution in [2.45, 2.75) is 7.43 Å². The molecule has 2 heterocycles. The average molecular weight is 1150 g/mol. The van der Waals surface area contributed by atoms with Gasteiger partial charge in [0.1, 0.15) is 46.0 Å². The number of fused-ring (bicyclic) bond motifs is 6. The highest BCUT2D eigenvalue weighted by Crippen LogP contribution is 2.38. The van der Waals surface area contributed by atoms with Crippen molar-refractivity contribution in [1.29, 1.82) is 0 Å². The standard InChI is InChI=1S/C36H25NO2.C18H14BNO2.C18H13BrO2.CH4/c1-3-11-29(12-4-1)38-31-23-27(24-32(25-31)39-30-13-5-2-6-14-30)26-19-21-28(22-20-26)37-35-17-9-7-15-33(35)34-16-8-10-18-36(34)37;21-19(22)13-9-11-14(12-10-13)20-17-7-3-1-5-15(17)16-6-2-4-8-18(16)20;19-14-11-17(20-15-7-3-1-4-8-15)13-18(12-14)21-16-9-5-2-6-10-16;/h1-25H;1-12,21-22H;1-13H;1H4. The maximum atomic E-state index is 9.24. The van der Waals surface area contributed by atoms with Crippen LogP contribution >= 0.6 is 15.9 Å². The Kier molecular flexibility index (Phi) is 16.9. The van der Waals surface area contributed by atoms with Crippen molar-refractivity contribution in [3.8, 4) is 68.5 Å². The van der Waals surface area contributed by atoms with Gasteiger partial charge in [0.2, 0.25) is 0 Å². The van der Waals surface area contributed by atoms with E-state index in [1.165, 1.54) is 32.6 Å². The van der Waals surface area contributed by atoms with Gasteiger partial charge in [-0.05, 0) is 138 Å². The minimum absolute atomic E-state index is 0. The average Bonchev–Trinajstić information content (AvgIpc) is 2.68. The van der Waals surface area contributed by atoms with E-state index in [4.69, 9.17) is 18.9 Å². The molecule has 83 heavy (non-hydrogen) atoms. The molecule has 0 saturated carbocycles. The molecule has 14 aromatic rings. The van der Waals surface area contributed by atoms with Crippen molar-refractivity contribution in [2.75, 3.05) is 0 Å². The van der Waals surface area contributed by atoms with Crippen LogP contribution in [-0.2, 0) is 0 Å². The van der Waals surface area contributed by atoms with Crippen LogP contribution in [0.15, 0.2) is 308 Å². The fraction of sp³-hybridized carbons (Fsp3) is 0.0137. The third kappa shape index (κ3) is 12.8. The summed E-state index contributed by atoms with van der Waals surface area (Å²) in [6.07, 6.45) is 0. The van der Waals surface area contributed by atoms with Gasteiger partial charge in [-0.2, -0.15) is 0 Å². The highest BCUT2D eigenvalue weighted by Gasteiger charge is 2.16. The van der Waals surface area contributed by atoms with E-state index >= 15 is 0 Å². The number of para-hydroxylation sites is 8. The minimum Gasteiger partial charge on any atom is -0.457 e. The second-order valence-electron chi connectivity index (χ2n) is 19.2. The van der Waals surface area contributed by atoms with Gasteiger partial charge in [-0.3, -0.25) is 0 Å². The fourth-order valence-corrected chi connectivity index (χ4v) is 10.5. The summed E-state index contributed by atoms with van der Waals surface area (Å²) in [7, 11) is -1.44. The van der Waals surface area contributed by atoms with E-state index in [1.807, 2.05) is 182 Å². The Labute approximate surface area is 491 Å². The zero-order chi connectivity index (χ0) is 55.6. The topological polar surface area (TPSA) is 87.2 Å². The Morgan fingerprint density at radius 1 is 0.277 bits per heavy atom. The zero-order valence-corrected chi connectivity index (χ0v) is 45.8. The van der Waals surface area contributed by atoms with Crippen LogP contribution in [0, 0.1) is 0 Å². The molecule has 0 amide bonds. The highest BCUT2D eigenvalue weighted by atomic mass is 79.9. The fourth-order valence-electron chi connectivity index (χ4n) is 10.0. The summed E-state index contributed by atoms with van der Waals surface area (Å²) in [5.74, 6) is 6.03. The molecule has 14 rings (SSSR count). The quantitative estimate of drug-likeness (QED) is 0.119. The third-order valence-corrected chi connectivity index (χ3v) is 14.2. The van der Waals surface area contributed by atoms with Gasteiger partial charge in [0.25, 0.3) is 0 Å². The van der Waals surface area contributed by atoms with Gasteiger partial charge in [0, 0.05) is 49.5 Å². The number of ether oxygens (including phenoxy) is 4. The molecule has 0 spiro atoms. The van der Waals surface area contributed by atoms with Crippen molar-refractivity contribution in [3.05, 3.63) is 308 Å².